The molecular formula is C15H16Cl3N2O-. The van der Waals surface area contributed by atoms with Crippen molar-refractivity contribution in [3.05, 3.63) is 57.8 Å². The molecule has 1 heterocycles. The van der Waals surface area contributed by atoms with Gasteiger partial charge in [0.15, 0.2) is 0 Å². The van der Waals surface area contributed by atoms with Crippen molar-refractivity contribution in [2.75, 3.05) is 6.61 Å². The Morgan fingerprint density at radius 3 is 2.52 bits per heavy atom. The molecule has 0 atom stereocenters. The van der Waals surface area contributed by atoms with Crippen molar-refractivity contribution < 1.29 is 17.1 Å². The summed E-state index contributed by atoms with van der Waals surface area (Å²) in [6, 6.07) is 7.52. The van der Waals surface area contributed by atoms with Crippen molar-refractivity contribution in [2.45, 2.75) is 20.0 Å². The number of hydrogen-bond donors (Lipinski definition) is 1. The monoisotopic (exact) mass is 345 g/mol. The first-order valence-electron chi connectivity index (χ1n) is 6.41. The van der Waals surface area contributed by atoms with Crippen LogP contribution >= 0.6 is 23.2 Å². The molecular weight excluding hydrogens is 331 g/mol. The summed E-state index contributed by atoms with van der Waals surface area (Å²) in [5, 5.41) is 4.50. The molecule has 0 aliphatic carbocycles. The molecule has 0 aliphatic heterocycles. The Bertz CT molecular complexity index is 564. The lowest BCUT2D eigenvalue weighted by molar-refractivity contribution is -0.00000449. The summed E-state index contributed by atoms with van der Waals surface area (Å²) in [6.07, 6.45) is 3.55. The second-order valence-corrected chi connectivity index (χ2v) is 5.11. The van der Waals surface area contributed by atoms with Crippen molar-refractivity contribution in [3.8, 4) is 5.75 Å². The first-order chi connectivity index (χ1) is 9.70. The maximum Gasteiger partial charge on any atom is 0.142 e. The van der Waals surface area contributed by atoms with Crippen molar-refractivity contribution in [1.29, 1.82) is 0 Å². The smallest absolute Gasteiger partial charge is 0.142 e. The summed E-state index contributed by atoms with van der Waals surface area (Å²) in [5.74, 6) is 0.695. The highest BCUT2D eigenvalue weighted by Gasteiger charge is 2.10. The summed E-state index contributed by atoms with van der Waals surface area (Å²) < 4.78 is 5.58. The molecule has 1 aromatic carbocycles. The van der Waals surface area contributed by atoms with Gasteiger partial charge in [-0.15, -0.1) is 0 Å². The Labute approximate surface area is 141 Å². The first-order valence-corrected chi connectivity index (χ1v) is 7.16. The van der Waals surface area contributed by atoms with Crippen LogP contribution in [-0.4, -0.2) is 11.6 Å². The van der Waals surface area contributed by atoms with Gasteiger partial charge in [-0.2, -0.15) is 0 Å². The molecule has 21 heavy (non-hydrogen) atoms. The number of rotatable bonds is 6. The zero-order valence-corrected chi connectivity index (χ0v) is 13.8. The second kappa shape index (κ2) is 9.11. The lowest BCUT2D eigenvalue weighted by Crippen LogP contribution is -3.00. The normalized spacial score (nSPS) is 10.0. The molecule has 0 unspecified atom stereocenters. The van der Waals surface area contributed by atoms with Crippen LogP contribution < -0.4 is 22.5 Å². The van der Waals surface area contributed by atoms with Crippen LogP contribution in [-0.2, 0) is 13.1 Å². The summed E-state index contributed by atoms with van der Waals surface area (Å²) >= 11 is 12.2. The van der Waals surface area contributed by atoms with Crippen LogP contribution in [0.4, 0.5) is 0 Å². The second-order valence-electron chi connectivity index (χ2n) is 4.27. The maximum atomic E-state index is 6.16. The molecule has 0 bridgehead atoms. The summed E-state index contributed by atoms with van der Waals surface area (Å²) in [5.41, 5.74) is 2.13. The van der Waals surface area contributed by atoms with E-state index < -0.39 is 0 Å². The van der Waals surface area contributed by atoms with Crippen LogP contribution in [0.5, 0.6) is 5.75 Å². The third-order valence-electron chi connectivity index (χ3n) is 2.77. The van der Waals surface area contributed by atoms with Crippen LogP contribution in [0.3, 0.4) is 0 Å². The average molecular weight is 347 g/mol. The molecule has 0 fully saturated rings. The quantitative estimate of drug-likeness (QED) is 0.850. The zero-order chi connectivity index (χ0) is 14.4. The van der Waals surface area contributed by atoms with Crippen molar-refractivity contribution in [1.82, 2.24) is 10.3 Å². The van der Waals surface area contributed by atoms with E-state index in [1.807, 2.05) is 25.1 Å². The number of hydrogen-bond acceptors (Lipinski definition) is 3. The standard InChI is InChI=1S/C15H16Cl2N2O.ClH/c1-2-20-15-12(7-13(16)8-14(15)17)10-19-9-11-3-5-18-6-4-11;/h3-8,19H,2,9-10H2,1H3;1H/p-1. The number of nitrogens with zero attached hydrogens (tertiary/aromatic N) is 1. The van der Waals surface area contributed by atoms with Crippen LogP contribution in [0, 0.1) is 0 Å². The average Bonchev–Trinajstić information content (AvgIpc) is 2.43. The van der Waals surface area contributed by atoms with Gasteiger partial charge in [0.25, 0.3) is 0 Å². The van der Waals surface area contributed by atoms with Gasteiger partial charge in [-0.05, 0) is 36.8 Å². The highest BCUT2D eigenvalue weighted by atomic mass is 35.5. The van der Waals surface area contributed by atoms with Gasteiger partial charge >= 0.3 is 0 Å². The maximum absolute atomic E-state index is 6.16. The molecule has 0 radical (unpaired) electrons. The van der Waals surface area contributed by atoms with Crippen molar-refractivity contribution in [2.24, 2.45) is 0 Å². The Morgan fingerprint density at radius 1 is 1.14 bits per heavy atom. The van der Waals surface area contributed by atoms with E-state index >= 15 is 0 Å². The van der Waals surface area contributed by atoms with E-state index in [1.54, 1.807) is 18.5 Å². The molecule has 2 aromatic rings. The van der Waals surface area contributed by atoms with Gasteiger partial charge in [0.1, 0.15) is 5.75 Å². The van der Waals surface area contributed by atoms with Gasteiger partial charge in [-0.25, -0.2) is 0 Å². The predicted molar refractivity (Wildman–Crippen MR) is 82.4 cm³/mol. The molecule has 1 aromatic heterocycles. The van der Waals surface area contributed by atoms with E-state index in [4.69, 9.17) is 27.9 Å². The first kappa shape index (κ1) is 18.1. The largest absolute Gasteiger partial charge is 1.00 e. The molecule has 3 nitrogen and oxygen atoms in total. The van der Waals surface area contributed by atoms with Gasteiger partial charge in [0, 0.05) is 36.1 Å². The molecule has 0 saturated heterocycles. The number of nitrogens with one attached hydrogen (secondary N) is 1. The van der Waals surface area contributed by atoms with E-state index in [0.29, 0.717) is 28.9 Å². The van der Waals surface area contributed by atoms with Crippen molar-refractivity contribution >= 4 is 23.2 Å². The SMILES string of the molecule is CCOc1c(Cl)cc(Cl)cc1CNCc1ccncc1.[Cl-]. The summed E-state index contributed by atoms with van der Waals surface area (Å²) in [7, 11) is 0. The Morgan fingerprint density at radius 2 is 1.86 bits per heavy atom. The van der Waals surface area contributed by atoms with E-state index in [1.165, 1.54) is 5.56 Å². The minimum Gasteiger partial charge on any atom is -1.00 e. The number of aromatic nitrogens is 1. The number of halogens is 3. The molecule has 0 spiro atoms. The van der Waals surface area contributed by atoms with Crippen molar-refractivity contribution in [3.63, 3.8) is 0 Å². The number of benzene rings is 1. The lowest BCUT2D eigenvalue weighted by Gasteiger charge is -2.13. The molecule has 114 valence electrons. The minimum absolute atomic E-state index is 0. The van der Waals surface area contributed by atoms with Crippen LogP contribution in [0.2, 0.25) is 10.0 Å². The molecule has 2 rings (SSSR count). The van der Waals surface area contributed by atoms with E-state index in [-0.39, 0.29) is 12.4 Å². The fourth-order valence-corrected chi connectivity index (χ4v) is 2.48. The Balaban J connectivity index is 0.00000220. The molecule has 6 heteroatoms. The van der Waals surface area contributed by atoms with Gasteiger partial charge in [0.05, 0.1) is 11.6 Å². The van der Waals surface area contributed by atoms with E-state index in [2.05, 4.69) is 10.3 Å². The topological polar surface area (TPSA) is 34.1 Å². The third-order valence-corrected chi connectivity index (χ3v) is 3.27. The highest BCUT2D eigenvalue weighted by molar-refractivity contribution is 6.35. The Hall–Kier alpha value is -1.00. The van der Waals surface area contributed by atoms with Gasteiger partial charge in [-0.1, -0.05) is 23.2 Å². The van der Waals surface area contributed by atoms with Gasteiger partial charge in [-0.3, -0.25) is 4.98 Å². The lowest BCUT2D eigenvalue weighted by atomic mass is 10.2. The molecule has 0 saturated carbocycles. The molecule has 0 amide bonds. The molecule has 1 N–H and O–H groups in total. The summed E-state index contributed by atoms with van der Waals surface area (Å²) in [4.78, 5) is 3.99. The van der Waals surface area contributed by atoms with Crippen LogP contribution in [0.1, 0.15) is 18.1 Å². The fourth-order valence-electron chi connectivity index (χ4n) is 1.89. The minimum atomic E-state index is 0. The number of ether oxygens (including phenoxy) is 1. The van der Waals surface area contributed by atoms with Gasteiger partial charge in [0.2, 0.25) is 0 Å². The van der Waals surface area contributed by atoms with Gasteiger partial charge < -0.3 is 22.5 Å². The summed E-state index contributed by atoms with van der Waals surface area (Å²) in [6.45, 7) is 3.88. The zero-order valence-electron chi connectivity index (χ0n) is 11.6. The van der Waals surface area contributed by atoms with E-state index in [0.717, 1.165) is 12.1 Å². The van der Waals surface area contributed by atoms with E-state index in [9.17, 15) is 0 Å². The Kier molecular flexibility index (Phi) is 7.83. The van der Waals surface area contributed by atoms with Crippen LogP contribution in [0.15, 0.2) is 36.7 Å². The number of pyridine rings is 1. The third kappa shape index (κ3) is 5.36. The predicted octanol–water partition coefficient (Wildman–Crippen LogP) is 1.08. The molecule has 0 aliphatic rings. The highest BCUT2D eigenvalue weighted by Crippen LogP contribution is 2.32. The fraction of sp³-hybridized carbons (Fsp3) is 0.267. The van der Waals surface area contributed by atoms with Crippen LogP contribution in [0.25, 0.3) is 0 Å².